The Kier molecular flexibility index (Phi) is 9.27. The maximum Gasteiger partial charge on any atom is 0.349 e. The second kappa shape index (κ2) is 13.5. The maximum atomic E-state index is 13.4. The average Bonchev–Trinajstić information content (AvgIpc) is 3.51. The summed E-state index contributed by atoms with van der Waals surface area (Å²) in [6.45, 7) is -0.0380. The molecule has 17 nitrogen and oxygen atoms in total. The van der Waals surface area contributed by atoms with Crippen molar-refractivity contribution in [3.8, 4) is 0 Å². The van der Waals surface area contributed by atoms with E-state index in [0.29, 0.717) is 15.5 Å². The molecule has 5 rings (SSSR count). The Bertz CT molecular complexity index is 1990. The van der Waals surface area contributed by atoms with Crippen molar-refractivity contribution in [1.82, 2.24) is 0 Å². The minimum absolute atomic E-state index is 0.0190. The third-order valence-electron chi connectivity index (χ3n) is 7.41. The van der Waals surface area contributed by atoms with Gasteiger partial charge in [0.1, 0.15) is 11.1 Å². The van der Waals surface area contributed by atoms with Crippen LogP contribution in [0.2, 0.25) is 0 Å². The van der Waals surface area contributed by atoms with Gasteiger partial charge in [-0.15, -0.1) is 0 Å². The van der Waals surface area contributed by atoms with E-state index < -0.39 is 52.7 Å². The molecule has 3 heterocycles. The number of carboxylic acids is 2. The lowest BCUT2D eigenvalue weighted by atomic mass is 10.1. The van der Waals surface area contributed by atoms with Gasteiger partial charge in [-0.05, 0) is 36.4 Å². The first-order chi connectivity index (χ1) is 23.3. The Morgan fingerprint density at radius 2 is 1.31 bits per heavy atom. The highest BCUT2D eigenvalue weighted by Gasteiger charge is 2.37. The fraction of sp³-hybridized carbons (Fsp3) is 0.188. The van der Waals surface area contributed by atoms with Crippen LogP contribution in [0, 0.1) is 0 Å². The highest BCUT2D eigenvalue weighted by atomic mass is 16.5. The van der Waals surface area contributed by atoms with E-state index in [4.69, 9.17) is 24.1 Å². The summed E-state index contributed by atoms with van der Waals surface area (Å²) in [5.74, 6) is -7.03. The molecule has 0 bridgehead atoms. The molecule has 0 saturated heterocycles. The first kappa shape index (κ1) is 33.6. The van der Waals surface area contributed by atoms with Crippen molar-refractivity contribution >= 4 is 75.2 Å². The van der Waals surface area contributed by atoms with Crippen LogP contribution >= 0.6 is 0 Å². The highest BCUT2D eigenvalue weighted by molar-refractivity contribution is 6.32. The molecular weight excluding hydrogens is 648 g/mol. The quantitative estimate of drug-likeness (QED) is 0.173. The summed E-state index contributed by atoms with van der Waals surface area (Å²) in [4.78, 5) is 103. The van der Waals surface area contributed by atoms with Crippen molar-refractivity contribution < 1.29 is 57.7 Å². The van der Waals surface area contributed by atoms with Crippen molar-refractivity contribution in [2.45, 2.75) is 12.8 Å². The zero-order valence-corrected chi connectivity index (χ0v) is 25.8. The van der Waals surface area contributed by atoms with Gasteiger partial charge in [0, 0.05) is 35.9 Å². The van der Waals surface area contributed by atoms with Crippen molar-refractivity contribution in [3.63, 3.8) is 0 Å². The maximum absolute atomic E-state index is 13.4. The van der Waals surface area contributed by atoms with Crippen molar-refractivity contribution in [3.05, 3.63) is 82.1 Å². The molecular formula is C32H26N4O13. The molecule has 2 aliphatic rings. The van der Waals surface area contributed by atoms with E-state index in [-0.39, 0.29) is 65.5 Å². The molecule has 0 saturated carbocycles. The van der Waals surface area contributed by atoms with Crippen LogP contribution in [0.4, 0.5) is 22.7 Å². The third-order valence-corrected chi connectivity index (χ3v) is 7.41. The van der Waals surface area contributed by atoms with Crippen LogP contribution < -0.4 is 25.6 Å². The number of carboxylic acid groups (broad SMARTS) is 2. The number of amides is 5. The molecule has 0 fully saturated rings. The van der Waals surface area contributed by atoms with Gasteiger partial charge in [0.15, 0.2) is 11.5 Å². The summed E-state index contributed by atoms with van der Waals surface area (Å²) < 4.78 is 15.3. The molecule has 49 heavy (non-hydrogen) atoms. The van der Waals surface area contributed by atoms with Gasteiger partial charge in [-0.3, -0.25) is 33.6 Å². The molecule has 252 valence electrons. The Balaban J connectivity index is 1.48. The molecule has 3 N–H and O–H groups in total. The van der Waals surface area contributed by atoms with Crippen molar-refractivity contribution in [1.29, 1.82) is 0 Å². The van der Waals surface area contributed by atoms with Crippen LogP contribution in [0.5, 0.6) is 0 Å². The number of imide groups is 2. The molecule has 2 aliphatic heterocycles. The fourth-order valence-electron chi connectivity index (χ4n) is 5.09. The molecule has 5 amide bonds. The highest BCUT2D eigenvalue weighted by Crippen LogP contribution is 2.34. The first-order valence-corrected chi connectivity index (χ1v) is 14.3. The Labute approximate surface area is 275 Å². The minimum atomic E-state index is -1.09. The van der Waals surface area contributed by atoms with E-state index in [1.807, 2.05) is 0 Å². The number of carbonyl (C=O) groups is 7. The number of nitrogens with one attached hydrogen (secondary N) is 1. The van der Waals surface area contributed by atoms with Gasteiger partial charge < -0.3 is 34.3 Å². The van der Waals surface area contributed by atoms with E-state index in [1.54, 1.807) is 6.07 Å². The van der Waals surface area contributed by atoms with Crippen LogP contribution in [0.3, 0.4) is 0 Å². The van der Waals surface area contributed by atoms with E-state index in [2.05, 4.69) is 5.32 Å². The standard InChI is InChI=1S/C32H26N4O13/c1-47-23-14-25(37)35(30(23)44)19-10-17(11-20(12-19)36-26(38)15-24(48-2)31(36)45)33-29(43)21-9-16-3-4-18(13-22(16)49-32(21)46)34(7-5-27(39)40)8-6-28(41)42/h3-4,9-15H,5-8H2,1-2H3,(H,33,43)(H,39,40)(H,41,42). The Hall–Kier alpha value is -6.78. The number of fused-ring (bicyclic) bond motifs is 1. The Morgan fingerprint density at radius 3 is 1.78 bits per heavy atom. The lowest BCUT2D eigenvalue weighted by molar-refractivity contribution is -0.137. The number of ether oxygens (including phenoxy) is 2. The normalized spacial score (nSPS) is 14.2. The smallest absolute Gasteiger partial charge is 0.349 e. The molecule has 1 aromatic heterocycles. The van der Waals surface area contributed by atoms with Gasteiger partial charge in [-0.25, -0.2) is 14.6 Å². The summed E-state index contributed by atoms with van der Waals surface area (Å²) in [6, 6.07) is 9.29. The zero-order valence-electron chi connectivity index (χ0n) is 25.8. The molecule has 0 atom stereocenters. The number of aliphatic carboxylic acids is 2. The van der Waals surface area contributed by atoms with Gasteiger partial charge in [-0.2, -0.15) is 0 Å². The molecule has 0 aliphatic carbocycles. The summed E-state index contributed by atoms with van der Waals surface area (Å²) in [7, 11) is 2.37. The van der Waals surface area contributed by atoms with Gasteiger partial charge >= 0.3 is 29.4 Å². The first-order valence-electron chi connectivity index (χ1n) is 14.3. The summed E-state index contributed by atoms with van der Waals surface area (Å²) in [6.07, 6.45) is 1.32. The number of rotatable bonds is 13. The number of nitrogens with zero attached hydrogens (tertiary/aromatic N) is 3. The van der Waals surface area contributed by atoms with Crippen molar-refractivity contribution in [2.24, 2.45) is 0 Å². The number of hydrogen-bond acceptors (Lipinski definition) is 12. The molecule has 0 radical (unpaired) electrons. The lowest BCUT2D eigenvalue weighted by Crippen LogP contribution is -2.33. The second-order valence-electron chi connectivity index (χ2n) is 10.5. The predicted molar refractivity (Wildman–Crippen MR) is 169 cm³/mol. The lowest BCUT2D eigenvalue weighted by Gasteiger charge is -2.23. The van der Waals surface area contributed by atoms with Crippen LogP contribution in [-0.4, -0.2) is 79.0 Å². The number of anilines is 4. The van der Waals surface area contributed by atoms with E-state index in [1.165, 1.54) is 55.5 Å². The summed E-state index contributed by atoms with van der Waals surface area (Å²) in [5.41, 5.74) is -1.55. The van der Waals surface area contributed by atoms with Gasteiger partial charge in [0.05, 0.1) is 50.6 Å². The van der Waals surface area contributed by atoms with E-state index >= 15 is 0 Å². The summed E-state index contributed by atoms with van der Waals surface area (Å²) >= 11 is 0. The van der Waals surface area contributed by atoms with Crippen molar-refractivity contribution in [2.75, 3.05) is 47.3 Å². The number of carbonyl (C=O) groups excluding carboxylic acids is 5. The second-order valence-corrected chi connectivity index (χ2v) is 10.5. The number of methoxy groups -OCH3 is 2. The molecule has 2 aromatic carbocycles. The fourth-order valence-corrected chi connectivity index (χ4v) is 5.09. The predicted octanol–water partition coefficient (Wildman–Crippen LogP) is 1.61. The van der Waals surface area contributed by atoms with Gasteiger partial charge in [0.2, 0.25) is 0 Å². The zero-order chi connectivity index (χ0) is 35.6. The summed E-state index contributed by atoms with van der Waals surface area (Å²) in [5, 5.41) is 20.9. The molecule has 0 unspecified atom stereocenters. The Morgan fingerprint density at radius 1 is 0.776 bits per heavy atom. The van der Waals surface area contributed by atoms with E-state index in [9.17, 15) is 38.4 Å². The third kappa shape index (κ3) is 6.85. The number of hydrogen-bond donors (Lipinski definition) is 3. The monoisotopic (exact) mass is 674 g/mol. The van der Waals surface area contributed by atoms with Crippen LogP contribution in [0.25, 0.3) is 11.0 Å². The molecule has 0 spiro atoms. The molecule has 17 heteroatoms. The van der Waals surface area contributed by atoms with E-state index in [0.717, 1.165) is 12.2 Å². The van der Waals surface area contributed by atoms with Crippen LogP contribution in [-0.2, 0) is 38.2 Å². The SMILES string of the molecule is COC1=CC(=O)N(c2cc(NC(=O)c3cc4ccc(N(CCC(=O)O)CCC(=O)O)cc4oc3=O)cc(N3C(=O)C=C(OC)C3=O)c2)C1=O. The van der Waals surface area contributed by atoms with Gasteiger partial charge in [-0.1, -0.05) is 0 Å². The van der Waals surface area contributed by atoms with Gasteiger partial charge in [0.25, 0.3) is 17.7 Å². The van der Waals surface area contributed by atoms with Crippen LogP contribution in [0.15, 0.2) is 75.3 Å². The molecule has 3 aromatic rings. The largest absolute Gasteiger partial charge is 0.491 e. The average molecular weight is 675 g/mol. The van der Waals surface area contributed by atoms with Crippen LogP contribution in [0.1, 0.15) is 23.2 Å². The minimum Gasteiger partial charge on any atom is -0.491 e. The topological polar surface area (TPSA) is 230 Å². The number of benzene rings is 2.